The van der Waals surface area contributed by atoms with E-state index >= 15 is 0 Å². The lowest BCUT2D eigenvalue weighted by atomic mass is 10.2. The van der Waals surface area contributed by atoms with Crippen LogP contribution in [0.15, 0.2) is 54.6 Å². The highest BCUT2D eigenvalue weighted by molar-refractivity contribution is 5.90. The molecule has 1 amide bonds. The molecule has 4 nitrogen and oxygen atoms in total. The monoisotopic (exact) mass is 284 g/mol. The summed E-state index contributed by atoms with van der Waals surface area (Å²) in [6.07, 6.45) is 1.11. The van der Waals surface area contributed by atoms with Crippen LogP contribution in [-0.4, -0.2) is 12.5 Å². The molecule has 0 saturated heterocycles. The minimum absolute atomic E-state index is 0.0131. The van der Waals surface area contributed by atoms with Gasteiger partial charge in [0.2, 0.25) is 5.91 Å². The summed E-state index contributed by atoms with van der Waals surface area (Å²) in [6.45, 7) is 0.995. The molecule has 3 N–H and O–H groups in total. The average molecular weight is 284 g/mol. The van der Waals surface area contributed by atoms with E-state index in [4.69, 9.17) is 10.5 Å². The number of nitrogens with two attached hydrogens (primary N) is 1. The molecule has 0 heterocycles. The van der Waals surface area contributed by atoms with Crippen molar-refractivity contribution in [1.82, 2.24) is 0 Å². The number of rotatable bonds is 7. The van der Waals surface area contributed by atoms with Gasteiger partial charge in [0.1, 0.15) is 5.75 Å². The van der Waals surface area contributed by atoms with E-state index in [-0.39, 0.29) is 5.91 Å². The SMILES string of the molecule is NCc1cccc(NC(=O)CCCOc2ccccc2)c1. The topological polar surface area (TPSA) is 64.3 Å². The minimum Gasteiger partial charge on any atom is -0.494 e. The summed E-state index contributed by atoms with van der Waals surface area (Å²) < 4.78 is 5.55. The molecule has 0 aliphatic rings. The number of ether oxygens (including phenoxy) is 1. The maximum Gasteiger partial charge on any atom is 0.224 e. The van der Waals surface area contributed by atoms with Crippen LogP contribution >= 0.6 is 0 Å². The Morgan fingerprint density at radius 1 is 1.10 bits per heavy atom. The second-order valence-electron chi connectivity index (χ2n) is 4.72. The highest BCUT2D eigenvalue weighted by atomic mass is 16.5. The molecule has 0 bridgehead atoms. The number of benzene rings is 2. The molecule has 2 aromatic rings. The Morgan fingerprint density at radius 2 is 1.90 bits per heavy atom. The fourth-order valence-corrected chi connectivity index (χ4v) is 1.94. The van der Waals surface area contributed by atoms with Crippen molar-refractivity contribution in [3.8, 4) is 5.75 Å². The molecule has 0 spiro atoms. The van der Waals surface area contributed by atoms with Crippen molar-refractivity contribution in [2.75, 3.05) is 11.9 Å². The van der Waals surface area contributed by atoms with Gasteiger partial charge >= 0.3 is 0 Å². The molecule has 0 atom stereocenters. The molecular weight excluding hydrogens is 264 g/mol. The number of hydrogen-bond donors (Lipinski definition) is 2. The predicted octanol–water partition coefficient (Wildman–Crippen LogP) is 2.94. The highest BCUT2D eigenvalue weighted by Crippen LogP contribution is 2.11. The van der Waals surface area contributed by atoms with Crippen molar-refractivity contribution in [2.45, 2.75) is 19.4 Å². The fraction of sp³-hybridized carbons (Fsp3) is 0.235. The van der Waals surface area contributed by atoms with Gasteiger partial charge in [-0.3, -0.25) is 4.79 Å². The zero-order valence-electron chi connectivity index (χ0n) is 11.9. The normalized spacial score (nSPS) is 10.1. The highest BCUT2D eigenvalue weighted by Gasteiger charge is 2.03. The molecule has 0 radical (unpaired) electrons. The van der Waals surface area contributed by atoms with Crippen LogP contribution in [0.2, 0.25) is 0 Å². The molecule has 2 rings (SSSR count). The Morgan fingerprint density at radius 3 is 2.67 bits per heavy atom. The number of hydrogen-bond acceptors (Lipinski definition) is 3. The van der Waals surface area contributed by atoms with Crippen LogP contribution in [0, 0.1) is 0 Å². The molecule has 110 valence electrons. The molecule has 0 aliphatic carbocycles. The molecule has 21 heavy (non-hydrogen) atoms. The second kappa shape index (κ2) is 8.07. The van der Waals surface area contributed by atoms with E-state index in [1.807, 2.05) is 54.6 Å². The van der Waals surface area contributed by atoms with Gasteiger partial charge < -0.3 is 15.8 Å². The van der Waals surface area contributed by atoms with Crippen molar-refractivity contribution in [3.63, 3.8) is 0 Å². The minimum atomic E-state index is -0.0131. The van der Waals surface area contributed by atoms with Gasteiger partial charge in [-0.05, 0) is 36.2 Å². The van der Waals surface area contributed by atoms with Gasteiger partial charge in [-0.15, -0.1) is 0 Å². The van der Waals surface area contributed by atoms with Gasteiger partial charge in [0.25, 0.3) is 0 Å². The summed E-state index contributed by atoms with van der Waals surface area (Å²) in [6, 6.07) is 17.2. The van der Waals surface area contributed by atoms with E-state index in [0.29, 0.717) is 26.0 Å². The summed E-state index contributed by atoms with van der Waals surface area (Å²) in [5.74, 6) is 0.814. The van der Waals surface area contributed by atoms with Crippen LogP contribution in [0.1, 0.15) is 18.4 Å². The fourth-order valence-electron chi connectivity index (χ4n) is 1.94. The molecule has 2 aromatic carbocycles. The zero-order valence-corrected chi connectivity index (χ0v) is 11.9. The Hall–Kier alpha value is -2.33. The third-order valence-corrected chi connectivity index (χ3v) is 3.01. The standard InChI is InChI=1S/C17H20N2O2/c18-13-14-6-4-7-15(12-14)19-17(20)10-5-11-21-16-8-2-1-3-9-16/h1-4,6-9,12H,5,10-11,13,18H2,(H,19,20). The largest absolute Gasteiger partial charge is 0.494 e. The van der Waals surface area contributed by atoms with Crippen molar-refractivity contribution < 1.29 is 9.53 Å². The maximum absolute atomic E-state index is 11.8. The predicted molar refractivity (Wildman–Crippen MR) is 84.1 cm³/mol. The van der Waals surface area contributed by atoms with Gasteiger partial charge in [0, 0.05) is 18.7 Å². The Balaban J connectivity index is 1.70. The average Bonchev–Trinajstić information content (AvgIpc) is 2.53. The van der Waals surface area contributed by atoms with Crippen LogP contribution in [0.5, 0.6) is 5.75 Å². The second-order valence-corrected chi connectivity index (χ2v) is 4.72. The molecule has 4 heteroatoms. The van der Waals surface area contributed by atoms with Gasteiger partial charge in [0.05, 0.1) is 6.61 Å². The first-order valence-corrected chi connectivity index (χ1v) is 7.04. The first kappa shape index (κ1) is 15.1. The van der Waals surface area contributed by atoms with Crippen LogP contribution in [0.25, 0.3) is 0 Å². The number of nitrogens with one attached hydrogen (secondary N) is 1. The zero-order chi connectivity index (χ0) is 14.9. The number of anilines is 1. The summed E-state index contributed by atoms with van der Waals surface area (Å²) >= 11 is 0. The van der Waals surface area contributed by atoms with Crippen molar-refractivity contribution in [2.24, 2.45) is 5.73 Å². The first-order valence-electron chi connectivity index (χ1n) is 7.04. The first-order chi connectivity index (χ1) is 10.3. The Bertz CT molecular complexity index is 570. The van der Waals surface area contributed by atoms with Crippen LogP contribution in [-0.2, 0) is 11.3 Å². The van der Waals surface area contributed by atoms with Crippen molar-refractivity contribution in [1.29, 1.82) is 0 Å². The number of carbonyl (C=O) groups excluding carboxylic acids is 1. The number of carbonyl (C=O) groups is 1. The Kier molecular flexibility index (Phi) is 5.79. The van der Waals surface area contributed by atoms with Crippen LogP contribution < -0.4 is 15.8 Å². The van der Waals surface area contributed by atoms with Crippen LogP contribution in [0.4, 0.5) is 5.69 Å². The number of para-hydroxylation sites is 1. The molecule has 0 fully saturated rings. The lowest BCUT2D eigenvalue weighted by Gasteiger charge is -2.08. The van der Waals surface area contributed by atoms with E-state index in [2.05, 4.69) is 5.32 Å². The number of amides is 1. The van der Waals surface area contributed by atoms with Crippen molar-refractivity contribution in [3.05, 3.63) is 60.2 Å². The quantitative estimate of drug-likeness (QED) is 0.768. The summed E-state index contributed by atoms with van der Waals surface area (Å²) in [5, 5.41) is 2.87. The summed E-state index contributed by atoms with van der Waals surface area (Å²) in [7, 11) is 0. The van der Waals surface area contributed by atoms with E-state index in [1.165, 1.54) is 0 Å². The van der Waals surface area contributed by atoms with E-state index < -0.39 is 0 Å². The third-order valence-electron chi connectivity index (χ3n) is 3.01. The molecule has 0 aromatic heterocycles. The smallest absolute Gasteiger partial charge is 0.224 e. The molecule has 0 unspecified atom stereocenters. The lowest BCUT2D eigenvalue weighted by molar-refractivity contribution is -0.116. The maximum atomic E-state index is 11.8. The lowest BCUT2D eigenvalue weighted by Crippen LogP contribution is -2.13. The van der Waals surface area contributed by atoms with Gasteiger partial charge in [-0.1, -0.05) is 30.3 Å². The van der Waals surface area contributed by atoms with E-state index in [9.17, 15) is 4.79 Å². The van der Waals surface area contributed by atoms with Crippen molar-refractivity contribution >= 4 is 11.6 Å². The third kappa shape index (κ3) is 5.28. The van der Waals surface area contributed by atoms with Gasteiger partial charge in [0.15, 0.2) is 0 Å². The van der Waals surface area contributed by atoms with E-state index in [0.717, 1.165) is 17.0 Å². The molecule has 0 saturated carbocycles. The van der Waals surface area contributed by atoms with Crippen LogP contribution in [0.3, 0.4) is 0 Å². The molecular formula is C17H20N2O2. The molecule has 0 aliphatic heterocycles. The van der Waals surface area contributed by atoms with Gasteiger partial charge in [-0.25, -0.2) is 0 Å². The van der Waals surface area contributed by atoms with Gasteiger partial charge in [-0.2, -0.15) is 0 Å². The van der Waals surface area contributed by atoms with E-state index in [1.54, 1.807) is 0 Å². The summed E-state index contributed by atoms with van der Waals surface area (Å²) in [4.78, 5) is 11.8. The summed E-state index contributed by atoms with van der Waals surface area (Å²) in [5.41, 5.74) is 7.36. The Labute approximate surface area is 124 Å².